The van der Waals surface area contributed by atoms with Gasteiger partial charge in [0.15, 0.2) is 0 Å². The topological polar surface area (TPSA) is 64.5 Å². The fourth-order valence-electron chi connectivity index (χ4n) is 1.20. The van der Waals surface area contributed by atoms with Crippen molar-refractivity contribution < 1.29 is 0 Å². The third kappa shape index (κ3) is 598. The molecule has 4 aromatic rings. The first-order valence-electron chi connectivity index (χ1n) is 39.5. The average molecular weight is 1320 g/mol. The molecule has 0 saturated carbocycles. The molecule has 0 bridgehead atoms. The average Bonchev–Trinajstić information content (AvgIpc) is 3.69. The Hall–Kier alpha value is -3.47. The van der Waals surface area contributed by atoms with Crippen molar-refractivity contribution in [3.63, 3.8) is 0 Å². The zero-order valence-electron chi connectivity index (χ0n) is 78.0. The van der Waals surface area contributed by atoms with E-state index < -0.39 is 0 Å². The summed E-state index contributed by atoms with van der Waals surface area (Å²) in [5.74, 6) is 0. The minimum Gasteiger partial charge on any atom is -0.265 e. The Morgan fingerprint density at radius 1 is 0.152 bits per heavy atom. The van der Waals surface area contributed by atoms with Gasteiger partial charge in [-0.1, -0.05) is 484 Å². The van der Waals surface area contributed by atoms with Gasteiger partial charge in [0, 0.05) is 49.6 Å². The summed E-state index contributed by atoms with van der Waals surface area (Å²) < 4.78 is 0. The van der Waals surface area contributed by atoms with Crippen LogP contribution in [0.2, 0.25) is 0 Å². The Balaban J connectivity index is -0.0000000208. The van der Waals surface area contributed by atoms with Gasteiger partial charge < -0.3 is 0 Å². The van der Waals surface area contributed by atoms with Crippen LogP contribution in [0.1, 0.15) is 441 Å². The van der Waals surface area contributed by atoms with Gasteiger partial charge in [0.1, 0.15) is 6.33 Å². The number of rotatable bonds is 0. The van der Waals surface area contributed by atoms with E-state index in [4.69, 9.17) is 0 Å². The Morgan fingerprint density at radius 3 is 0.293 bits per heavy atom. The van der Waals surface area contributed by atoms with Gasteiger partial charge in [-0.05, 0) is 39.9 Å². The minimum absolute atomic E-state index is 0.542. The van der Waals surface area contributed by atoms with E-state index in [0.29, 0.717) is 21.7 Å². The molecule has 0 amide bonds. The molecule has 0 spiro atoms. The number of benzene rings is 1. The highest BCUT2D eigenvalue weighted by Gasteiger charge is 2.05. The van der Waals surface area contributed by atoms with Gasteiger partial charge in [-0.25, -0.2) is 9.97 Å². The van der Waals surface area contributed by atoms with Crippen molar-refractivity contribution in [1.82, 2.24) is 24.9 Å². The highest BCUT2D eigenvalue weighted by atomic mass is 14.8. The molecule has 0 atom stereocenters. The number of nitrogens with zero attached hydrogens (tertiary/aromatic N) is 5. The lowest BCUT2D eigenvalue weighted by atomic mass is 9.94. The number of aromatic nitrogens is 5. The Labute approximate surface area is 601 Å². The summed E-state index contributed by atoms with van der Waals surface area (Å²) in [7, 11) is 0. The van der Waals surface area contributed by atoms with Crippen LogP contribution in [0.25, 0.3) is 0 Å². The standard InChI is InChI=1S/C6H6.4C6H14.C5H5N.2C4H4N2.22C2H6/c1-2-4-6-5-3-1;4*1-5-6(2,3)4;1-2-4-6-5-3-1;1-2-6-4-3-5-1;1-2-5-4-6-3-1;22*1-2/h1-6H;4*5H2,1-4H3;1-5H;2*1-4H;22*1-2H3. The third-order valence-corrected chi connectivity index (χ3v) is 6.43. The van der Waals surface area contributed by atoms with E-state index in [1.54, 1.807) is 55.6 Å². The second kappa shape index (κ2) is 278. The van der Waals surface area contributed by atoms with Gasteiger partial charge in [-0.3, -0.25) is 15.0 Å². The second-order valence-electron chi connectivity index (χ2n) is 15.6. The molecular weight excluding hydrogens is 1110 g/mol. The zero-order chi connectivity index (χ0) is 81.8. The lowest BCUT2D eigenvalue weighted by Gasteiger charge is -2.12. The van der Waals surface area contributed by atoms with Crippen LogP contribution < -0.4 is 0 Å². The van der Waals surface area contributed by atoms with E-state index in [9.17, 15) is 0 Å². The molecule has 0 fully saturated rings. The van der Waals surface area contributed by atoms with Crippen molar-refractivity contribution in [2.75, 3.05) is 0 Å². The monoisotopic (exact) mass is 1320 g/mol. The molecule has 0 aliphatic rings. The first kappa shape index (κ1) is 173. The molecule has 3 heterocycles. The molecule has 0 unspecified atom stereocenters. The van der Waals surface area contributed by atoms with Gasteiger partial charge in [-0.2, -0.15) is 0 Å². The van der Waals surface area contributed by atoms with Crippen LogP contribution >= 0.6 is 0 Å². The van der Waals surface area contributed by atoms with Crippen molar-refractivity contribution in [1.29, 1.82) is 0 Å². The molecule has 0 aliphatic carbocycles. The molecule has 1 aromatic carbocycles. The fraction of sp³-hybridized carbons (Fsp3) is 0.782. The van der Waals surface area contributed by atoms with Gasteiger partial charge >= 0.3 is 0 Å². The maximum absolute atomic E-state index is 3.78. The minimum atomic E-state index is 0.542. The van der Waals surface area contributed by atoms with Gasteiger partial charge in [0.05, 0.1) is 0 Å². The third-order valence-electron chi connectivity index (χ3n) is 6.43. The quantitative estimate of drug-likeness (QED) is 0.176. The highest BCUT2D eigenvalue weighted by molar-refractivity contribution is 4.99. The van der Waals surface area contributed by atoms with Crippen molar-refractivity contribution in [2.45, 2.75) is 441 Å². The van der Waals surface area contributed by atoms with Crippen LogP contribution in [0.15, 0.2) is 117 Å². The maximum Gasteiger partial charge on any atom is 0.115 e. The number of pyridine rings is 1. The lowest BCUT2D eigenvalue weighted by Crippen LogP contribution is -2.00. The smallest absolute Gasteiger partial charge is 0.115 e. The molecular formula is C87H207N5. The van der Waals surface area contributed by atoms with Crippen LogP contribution in [-0.2, 0) is 0 Å². The molecule has 580 valence electrons. The predicted molar refractivity (Wildman–Crippen MR) is 463 cm³/mol. The zero-order valence-corrected chi connectivity index (χ0v) is 78.0. The molecule has 0 saturated heterocycles. The van der Waals surface area contributed by atoms with E-state index in [0.717, 1.165) is 0 Å². The fourth-order valence-corrected chi connectivity index (χ4v) is 1.20. The maximum atomic E-state index is 3.78. The first-order chi connectivity index (χ1) is 44.2. The summed E-state index contributed by atoms with van der Waals surface area (Å²) in [5.41, 5.74) is 2.17. The summed E-state index contributed by atoms with van der Waals surface area (Å²) in [6.07, 6.45) is 20.0. The number of hydrogen-bond acceptors (Lipinski definition) is 5. The van der Waals surface area contributed by atoms with Crippen LogP contribution in [-0.4, -0.2) is 24.9 Å². The molecule has 3 aromatic heterocycles. The Bertz CT molecular complexity index is 779. The first-order valence-corrected chi connectivity index (χ1v) is 39.5. The van der Waals surface area contributed by atoms with Crippen molar-refractivity contribution >= 4 is 0 Å². The Morgan fingerprint density at radius 2 is 0.250 bits per heavy atom. The van der Waals surface area contributed by atoms with Crippen LogP contribution in [0.5, 0.6) is 0 Å². The van der Waals surface area contributed by atoms with Crippen molar-refractivity contribution in [3.05, 3.63) is 117 Å². The van der Waals surface area contributed by atoms with E-state index in [-0.39, 0.29) is 0 Å². The lowest BCUT2D eigenvalue weighted by molar-refractivity contribution is 0.397. The molecule has 5 heteroatoms. The van der Waals surface area contributed by atoms with E-state index >= 15 is 0 Å². The molecule has 0 aliphatic heterocycles. The molecule has 4 rings (SSSR count). The van der Waals surface area contributed by atoms with Gasteiger partial charge in [0.25, 0.3) is 0 Å². The summed E-state index contributed by atoms with van der Waals surface area (Å²) >= 11 is 0. The highest BCUT2D eigenvalue weighted by Crippen LogP contribution is 2.17. The number of hydrogen-bond donors (Lipinski definition) is 0. The summed E-state index contributed by atoms with van der Waals surface area (Å²) in [6.45, 7) is 124. The van der Waals surface area contributed by atoms with E-state index in [1.807, 2.05) is 359 Å². The second-order valence-corrected chi connectivity index (χ2v) is 15.6. The van der Waals surface area contributed by atoms with Crippen LogP contribution in [0.4, 0.5) is 0 Å². The van der Waals surface area contributed by atoms with E-state index in [1.165, 1.54) is 32.0 Å². The van der Waals surface area contributed by atoms with Gasteiger partial charge in [0.2, 0.25) is 0 Å². The molecule has 0 N–H and O–H groups in total. The Kier molecular flexibility index (Phi) is 525. The normalized spacial score (nSPS) is 6.65. The van der Waals surface area contributed by atoms with Crippen molar-refractivity contribution in [2.24, 2.45) is 21.7 Å². The van der Waals surface area contributed by atoms with Crippen molar-refractivity contribution in [3.8, 4) is 0 Å². The van der Waals surface area contributed by atoms with E-state index in [2.05, 4.69) is 136 Å². The van der Waals surface area contributed by atoms with Crippen LogP contribution in [0.3, 0.4) is 0 Å². The predicted octanol–water partition coefficient (Wildman–Crippen LogP) is 36.1. The molecule has 5 nitrogen and oxygen atoms in total. The summed E-state index contributed by atoms with van der Waals surface area (Å²) in [6, 6.07) is 19.5. The van der Waals surface area contributed by atoms with Gasteiger partial charge in [-0.15, -0.1) is 0 Å². The molecule has 0 radical (unpaired) electrons. The largest absolute Gasteiger partial charge is 0.265 e. The van der Waals surface area contributed by atoms with Crippen LogP contribution in [0, 0.1) is 21.7 Å². The summed E-state index contributed by atoms with van der Waals surface area (Å²) in [5, 5.41) is 0. The summed E-state index contributed by atoms with van der Waals surface area (Å²) in [4.78, 5) is 18.6. The SMILES string of the molecule is CC.CC.CC.CC.CC.CC.CC.CC.CC.CC.CC.CC.CC.CC.CC.CC.CC.CC.CC.CC.CC.CC.CCC(C)(C)C.CCC(C)(C)C.CCC(C)(C)C.CCC(C)(C)C.c1ccccc1.c1ccncc1.c1cnccn1.c1cncnc1. The molecule has 92 heavy (non-hydrogen) atoms.